The summed E-state index contributed by atoms with van der Waals surface area (Å²) in [6, 6.07) is 6.29. The predicted molar refractivity (Wildman–Crippen MR) is 113 cm³/mol. The van der Waals surface area contributed by atoms with E-state index in [1.165, 1.54) is 0 Å². The molecule has 2 fully saturated rings. The van der Waals surface area contributed by atoms with Gasteiger partial charge >= 0.3 is 12.0 Å². The molecule has 1 heterocycles. The first-order chi connectivity index (χ1) is 15.3. The maximum absolute atomic E-state index is 12.7. The minimum Gasteiger partial charge on any atom is -0.494 e. The molecule has 4 amide bonds. The lowest BCUT2D eigenvalue weighted by atomic mass is 9.77. The van der Waals surface area contributed by atoms with E-state index in [1.807, 2.05) is 6.92 Å². The fourth-order valence-corrected chi connectivity index (χ4v) is 3.74. The molecule has 2 aliphatic rings. The summed E-state index contributed by atoms with van der Waals surface area (Å²) in [5, 5.41) is 3.39. The minimum absolute atomic E-state index is 0.0646. The number of hydrazine groups is 1. The van der Waals surface area contributed by atoms with Crippen LogP contribution in [0, 0.1) is 5.92 Å². The molecule has 0 unspecified atom stereocenters. The van der Waals surface area contributed by atoms with Gasteiger partial charge in [-0.3, -0.25) is 19.8 Å². The molecule has 0 bridgehead atoms. The van der Waals surface area contributed by atoms with Gasteiger partial charge in [-0.15, -0.1) is 0 Å². The summed E-state index contributed by atoms with van der Waals surface area (Å²) in [5.41, 5.74) is 1.27. The molecule has 10 nitrogen and oxygen atoms in total. The Labute approximate surface area is 186 Å². The lowest BCUT2D eigenvalue weighted by Crippen LogP contribution is -2.52. The van der Waals surface area contributed by atoms with Gasteiger partial charge in [-0.25, -0.2) is 4.79 Å². The van der Waals surface area contributed by atoms with E-state index >= 15 is 0 Å². The summed E-state index contributed by atoms with van der Waals surface area (Å²) >= 11 is 0. The third-order valence-electron chi connectivity index (χ3n) is 5.60. The molecular weight excluding hydrogens is 418 g/mol. The predicted octanol–water partition coefficient (Wildman–Crippen LogP) is 1.93. The van der Waals surface area contributed by atoms with Gasteiger partial charge in [-0.05, 0) is 62.8 Å². The number of carbonyl (C=O) groups excluding carboxylic acids is 4. The summed E-state index contributed by atoms with van der Waals surface area (Å²) in [5.74, 6) is -0.0934. The molecule has 1 spiro atoms. The van der Waals surface area contributed by atoms with Crippen molar-refractivity contribution in [3.05, 3.63) is 24.3 Å². The zero-order valence-electron chi connectivity index (χ0n) is 18.3. The first-order valence-electron chi connectivity index (χ1n) is 10.8. The molecule has 1 aliphatic heterocycles. The number of imide groups is 1. The number of nitrogens with zero attached hydrogens (tertiary/aromatic N) is 1. The number of benzene rings is 1. The molecule has 1 saturated heterocycles. The largest absolute Gasteiger partial charge is 0.494 e. The van der Waals surface area contributed by atoms with Crippen LogP contribution in [0.5, 0.6) is 11.5 Å². The lowest BCUT2D eigenvalue weighted by molar-refractivity contribution is -0.151. The van der Waals surface area contributed by atoms with Crippen molar-refractivity contribution in [1.82, 2.24) is 15.8 Å². The average Bonchev–Trinajstić information content (AvgIpc) is 3.00. The Morgan fingerprint density at radius 2 is 1.75 bits per heavy atom. The van der Waals surface area contributed by atoms with Crippen molar-refractivity contribution in [3.63, 3.8) is 0 Å². The van der Waals surface area contributed by atoms with E-state index < -0.39 is 36.0 Å². The number of esters is 1. The van der Waals surface area contributed by atoms with Crippen LogP contribution in [0.1, 0.15) is 46.0 Å². The molecule has 1 aromatic carbocycles. The Balaban J connectivity index is 1.37. The van der Waals surface area contributed by atoms with E-state index in [1.54, 1.807) is 24.3 Å². The molecule has 10 heteroatoms. The average molecular weight is 447 g/mol. The summed E-state index contributed by atoms with van der Waals surface area (Å²) in [4.78, 5) is 48.8. The van der Waals surface area contributed by atoms with Crippen molar-refractivity contribution in [2.75, 3.05) is 19.8 Å². The zero-order valence-corrected chi connectivity index (χ0v) is 18.3. The molecule has 3 rings (SSSR count). The fraction of sp³-hybridized carbons (Fsp3) is 0.545. The van der Waals surface area contributed by atoms with Gasteiger partial charge in [-0.2, -0.15) is 5.01 Å². The van der Waals surface area contributed by atoms with Crippen LogP contribution < -0.4 is 20.2 Å². The highest BCUT2D eigenvalue weighted by molar-refractivity contribution is 6.08. The maximum atomic E-state index is 12.7. The van der Waals surface area contributed by atoms with Crippen molar-refractivity contribution < 1.29 is 33.4 Å². The summed E-state index contributed by atoms with van der Waals surface area (Å²) in [6.45, 7) is 4.02. The van der Waals surface area contributed by atoms with Gasteiger partial charge in [-0.1, -0.05) is 6.92 Å². The minimum atomic E-state index is -0.953. The van der Waals surface area contributed by atoms with Crippen LogP contribution >= 0.6 is 0 Å². The van der Waals surface area contributed by atoms with E-state index in [9.17, 15) is 19.2 Å². The Hall–Kier alpha value is -3.30. The highest BCUT2D eigenvalue weighted by Crippen LogP contribution is 2.35. The Morgan fingerprint density at radius 3 is 2.38 bits per heavy atom. The van der Waals surface area contributed by atoms with Crippen LogP contribution in [0.3, 0.4) is 0 Å². The molecular formula is C22H29N3O7. The fourth-order valence-electron chi connectivity index (χ4n) is 3.74. The number of hydrogen-bond donors (Lipinski definition) is 2. The van der Waals surface area contributed by atoms with Crippen molar-refractivity contribution in [2.24, 2.45) is 5.92 Å². The number of carbonyl (C=O) groups is 4. The summed E-state index contributed by atoms with van der Waals surface area (Å²) < 4.78 is 15.7. The second-order valence-corrected chi connectivity index (χ2v) is 8.03. The molecule has 0 radical (unpaired) electrons. The van der Waals surface area contributed by atoms with E-state index in [0.717, 1.165) is 18.6 Å². The van der Waals surface area contributed by atoms with Crippen molar-refractivity contribution >= 4 is 23.8 Å². The van der Waals surface area contributed by atoms with E-state index in [-0.39, 0.29) is 13.0 Å². The first kappa shape index (κ1) is 23.4. The van der Waals surface area contributed by atoms with Crippen molar-refractivity contribution in [3.8, 4) is 11.5 Å². The van der Waals surface area contributed by atoms with Gasteiger partial charge in [0.05, 0.1) is 19.6 Å². The monoisotopic (exact) mass is 447 g/mol. The van der Waals surface area contributed by atoms with Crippen LogP contribution in [0.15, 0.2) is 24.3 Å². The van der Waals surface area contributed by atoms with Gasteiger partial charge in [0.1, 0.15) is 17.0 Å². The third-order valence-corrected chi connectivity index (χ3v) is 5.60. The molecule has 1 aliphatic carbocycles. The van der Waals surface area contributed by atoms with E-state index in [4.69, 9.17) is 14.2 Å². The highest BCUT2D eigenvalue weighted by atomic mass is 16.5. The van der Waals surface area contributed by atoms with Crippen LogP contribution in [0.4, 0.5) is 4.79 Å². The van der Waals surface area contributed by atoms with Crippen molar-refractivity contribution in [2.45, 2.75) is 51.5 Å². The van der Waals surface area contributed by atoms with Crippen LogP contribution in [0.25, 0.3) is 0 Å². The van der Waals surface area contributed by atoms with Crippen LogP contribution in [-0.2, 0) is 19.1 Å². The highest BCUT2D eigenvalue weighted by Gasteiger charge is 2.52. The molecule has 32 heavy (non-hydrogen) atoms. The van der Waals surface area contributed by atoms with Gasteiger partial charge in [0.25, 0.3) is 11.8 Å². The van der Waals surface area contributed by atoms with Gasteiger partial charge < -0.3 is 19.5 Å². The maximum Gasteiger partial charge on any atom is 0.344 e. The molecule has 174 valence electrons. The number of ether oxygens (including phenoxy) is 3. The van der Waals surface area contributed by atoms with Crippen LogP contribution in [-0.4, -0.2) is 54.2 Å². The number of urea groups is 1. The Bertz CT molecular complexity index is 848. The molecule has 1 aromatic rings. The quantitative estimate of drug-likeness (QED) is 0.438. The summed E-state index contributed by atoms with van der Waals surface area (Å²) in [7, 11) is 0. The molecule has 1 saturated carbocycles. The SMILES string of the molecule is CCOc1ccc(OCCC(=O)OCC(=O)NN2C(=O)NC3(CCC(C)CC3)C2=O)cc1. The lowest BCUT2D eigenvalue weighted by Gasteiger charge is -2.33. The molecule has 0 aromatic heterocycles. The zero-order chi connectivity index (χ0) is 23.1. The second-order valence-electron chi connectivity index (χ2n) is 8.03. The Kier molecular flexibility index (Phi) is 7.55. The number of nitrogens with one attached hydrogen (secondary N) is 2. The second kappa shape index (κ2) is 10.3. The van der Waals surface area contributed by atoms with Crippen molar-refractivity contribution in [1.29, 1.82) is 0 Å². The smallest absolute Gasteiger partial charge is 0.344 e. The standard InChI is InChI=1S/C22H29N3O7/c1-3-30-16-4-6-17(7-5-16)31-13-10-19(27)32-14-18(26)24-25-20(28)22(23-21(25)29)11-8-15(2)9-12-22/h4-7,15H,3,8-14H2,1-2H3,(H,23,29)(H,24,26). The van der Waals surface area contributed by atoms with E-state index in [2.05, 4.69) is 17.7 Å². The topological polar surface area (TPSA) is 123 Å². The van der Waals surface area contributed by atoms with Gasteiger partial charge in [0, 0.05) is 0 Å². The normalized spacial score (nSPS) is 22.4. The van der Waals surface area contributed by atoms with E-state index in [0.29, 0.717) is 36.1 Å². The number of amides is 4. The summed E-state index contributed by atoms with van der Waals surface area (Å²) in [6.07, 6.45) is 2.65. The van der Waals surface area contributed by atoms with Crippen LogP contribution in [0.2, 0.25) is 0 Å². The number of hydrogen-bond acceptors (Lipinski definition) is 7. The third kappa shape index (κ3) is 5.68. The molecule has 2 N–H and O–H groups in total. The van der Waals surface area contributed by atoms with Gasteiger partial charge in [0.2, 0.25) is 0 Å². The molecule has 0 atom stereocenters. The Morgan fingerprint density at radius 1 is 1.12 bits per heavy atom. The first-order valence-corrected chi connectivity index (χ1v) is 10.8. The number of rotatable bonds is 9. The van der Waals surface area contributed by atoms with Gasteiger partial charge in [0.15, 0.2) is 6.61 Å².